The number of carbonyl (C=O) groups is 2. The molecule has 2 amide bonds. The third kappa shape index (κ3) is 4.88. The molecule has 1 saturated heterocycles. The maximum absolute atomic E-state index is 12.0. The van der Waals surface area contributed by atoms with Gasteiger partial charge in [-0.25, -0.2) is 0 Å². The summed E-state index contributed by atoms with van der Waals surface area (Å²) in [6.45, 7) is 1.91. The smallest absolute Gasteiger partial charge is 0.279 e. The second-order valence-electron chi connectivity index (χ2n) is 5.31. The van der Waals surface area contributed by atoms with Crippen LogP contribution in [-0.2, 0) is 9.59 Å². The maximum atomic E-state index is 12.0. The minimum atomic E-state index is -0.243. The van der Waals surface area contributed by atoms with Crippen molar-refractivity contribution in [3.05, 3.63) is 28.2 Å². The molecule has 1 aliphatic heterocycles. The molecule has 1 fully saturated rings. The number of hydrogen-bond acceptors (Lipinski definition) is 2. The van der Waals surface area contributed by atoms with E-state index in [1.165, 1.54) is 0 Å². The third-order valence-electron chi connectivity index (χ3n) is 3.65. The first-order chi connectivity index (χ1) is 9.94. The Morgan fingerprint density at radius 1 is 1.19 bits per heavy atom. The summed E-state index contributed by atoms with van der Waals surface area (Å²) in [7, 11) is 0. The summed E-state index contributed by atoms with van der Waals surface area (Å²) in [5, 5.41) is 3.74. The average Bonchev–Trinajstić information content (AvgIpc) is 2.37. The molecule has 1 aromatic carbocycles. The molecule has 0 aliphatic carbocycles. The predicted octanol–water partition coefficient (Wildman–Crippen LogP) is 0.712. The highest BCUT2D eigenvalue weighted by Crippen LogP contribution is 2.22. The number of benzene rings is 1. The summed E-state index contributed by atoms with van der Waals surface area (Å²) in [4.78, 5) is 24.3. The van der Waals surface area contributed by atoms with Gasteiger partial charge in [0.25, 0.3) is 5.91 Å². The Hall–Kier alpha value is -1.30. The lowest BCUT2D eigenvalue weighted by atomic mass is 9.96. The monoisotopic (exact) mass is 330 g/mol. The molecule has 114 valence electrons. The lowest BCUT2D eigenvalue weighted by Crippen LogP contribution is -3.14. The summed E-state index contributed by atoms with van der Waals surface area (Å²) in [6, 6.07) is 4.92. The van der Waals surface area contributed by atoms with E-state index in [0.29, 0.717) is 22.3 Å². The van der Waals surface area contributed by atoms with Gasteiger partial charge in [-0.2, -0.15) is 0 Å². The Balaban J connectivity index is 1.84. The Labute approximate surface area is 133 Å². The highest BCUT2D eigenvalue weighted by Gasteiger charge is 2.26. The number of quaternary nitrogens is 1. The number of rotatable bonds is 4. The van der Waals surface area contributed by atoms with E-state index in [1.54, 1.807) is 18.2 Å². The zero-order valence-corrected chi connectivity index (χ0v) is 13.0. The molecule has 1 heterocycles. The number of amides is 2. The molecule has 7 heteroatoms. The molecule has 1 aromatic rings. The molecule has 0 spiro atoms. The summed E-state index contributed by atoms with van der Waals surface area (Å²) in [6.07, 6.45) is 1.47. The minimum Gasteiger partial charge on any atom is -0.369 e. The van der Waals surface area contributed by atoms with E-state index in [4.69, 9.17) is 28.9 Å². The standard InChI is InChI=1S/C14H17Cl2N3O2/c15-10-5-11(16)7-12(6-10)18-13(20)8-19-3-1-9(2-4-19)14(17)21/h5-7,9H,1-4,8H2,(H2,17,21)(H,18,20)/p+1. The van der Waals surface area contributed by atoms with Crippen LogP contribution < -0.4 is 16.0 Å². The van der Waals surface area contributed by atoms with Crippen LogP contribution in [0.15, 0.2) is 18.2 Å². The Morgan fingerprint density at radius 3 is 2.29 bits per heavy atom. The van der Waals surface area contributed by atoms with Gasteiger partial charge in [-0.15, -0.1) is 0 Å². The highest BCUT2D eigenvalue weighted by molar-refractivity contribution is 6.35. The van der Waals surface area contributed by atoms with Crippen LogP contribution >= 0.6 is 23.2 Å². The number of primary amides is 1. The van der Waals surface area contributed by atoms with Crippen molar-refractivity contribution in [3.63, 3.8) is 0 Å². The normalized spacial score (nSPS) is 21.8. The minimum absolute atomic E-state index is 0.0523. The lowest BCUT2D eigenvalue weighted by molar-refractivity contribution is -0.897. The fourth-order valence-corrected chi connectivity index (χ4v) is 3.07. The van der Waals surface area contributed by atoms with Crippen LogP contribution in [0.3, 0.4) is 0 Å². The van der Waals surface area contributed by atoms with Crippen LogP contribution in [0.2, 0.25) is 10.0 Å². The quantitative estimate of drug-likeness (QED) is 0.760. The first kappa shape index (κ1) is 16.1. The molecular formula is C14H18Cl2N3O2+. The van der Waals surface area contributed by atoms with Crippen molar-refractivity contribution in [2.24, 2.45) is 11.7 Å². The average molecular weight is 331 g/mol. The van der Waals surface area contributed by atoms with Crippen molar-refractivity contribution in [2.75, 3.05) is 25.0 Å². The lowest BCUT2D eigenvalue weighted by Gasteiger charge is -2.27. The first-order valence-corrected chi connectivity index (χ1v) is 7.58. The molecule has 0 unspecified atom stereocenters. The van der Waals surface area contributed by atoms with Gasteiger partial charge in [-0.3, -0.25) is 9.59 Å². The molecule has 21 heavy (non-hydrogen) atoms. The van der Waals surface area contributed by atoms with Crippen molar-refractivity contribution < 1.29 is 14.5 Å². The molecular weight excluding hydrogens is 313 g/mol. The molecule has 0 bridgehead atoms. The largest absolute Gasteiger partial charge is 0.369 e. The van der Waals surface area contributed by atoms with Gasteiger partial charge in [0.1, 0.15) is 0 Å². The number of nitrogens with two attached hydrogens (primary N) is 1. The van der Waals surface area contributed by atoms with Gasteiger partial charge in [0, 0.05) is 34.5 Å². The van der Waals surface area contributed by atoms with Gasteiger partial charge in [0.15, 0.2) is 6.54 Å². The van der Waals surface area contributed by atoms with Gasteiger partial charge in [-0.1, -0.05) is 23.2 Å². The number of anilines is 1. The second kappa shape index (κ2) is 7.11. The number of halogens is 2. The second-order valence-corrected chi connectivity index (χ2v) is 6.18. The summed E-state index contributed by atoms with van der Waals surface area (Å²) in [5.41, 5.74) is 5.88. The topological polar surface area (TPSA) is 76.6 Å². The van der Waals surface area contributed by atoms with Gasteiger partial charge in [-0.05, 0) is 18.2 Å². The first-order valence-electron chi connectivity index (χ1n) is 6.83. The van der Waals surface area contributed by atoms with Crippen LogP contribution in [-0.4, -0.2) is 31.4 Å². The number of piperidine rings is 1. The highest BCUT2D eigenvalue weighted by atomic mass is 35.5. The molecule has 0 atom stereocenters. The van der Waals surface area contributed by atoms with Crippen LogP contribution in [0.4, 0.5) is 5.69 Å². The van der Waals surface area contributed by atoms with E-state index >= 15 is 0 Å². The van der Waals surface area contributed by atoms with Crippen LogP contribution in [0.25, 0.3) is 0 Å². The summed E-state index contributed by atoms with van der Waals surface area (Å²) >= 11 is 11.8. The molecule has 0 aromatic heterocycles. The van der Waals surface area contributed by atoms with Gasteiger partial charge < -0.3 is 16.0 Å². The number of carbonyl (C=O) groups excluding carboxylic acids is 2. The van der Waals surface area contributed by atoms with E-state index < -0.39 is 0 Å². The molecule has 2 rings (SSSR count). The van der Waals surface area contributed by atoms with Crippen molar-refractivity contribution in [1.29, 1.82) is 0 Å². The molecule has 1 aliphatic rings. The zero-order valence-electron chi connectivity index (χ0n) is 11.5. The Bertz CT molecular complexity index is 523. The number of hydrogen-bond donors (Lipinski definition) is 3. The molecule has 0 radical (unpaired) electrons. The van der Waals surface area contributed by atoms with Crippen molar-refractivity contribution >= 4 is 40.7 Å². The molecule has 0 saturated carbocycles. The Morgan fingerprint density at radius 2 is 1.76 bits per heavy atom. The predicted molar refractivity (Wildman–Crippen MR) is 82.6 cm³/mol. The van der Waals surface area contributed by atoms with E-state index in [-0.39, 0.29) is 17.7 Å². The van der Waals surface area contributed by atoms with Gasteiger partial charge in [0.2, 0.25) is 5.91 Å². The fourth-order valence-electron chi connectivity index (χ4n) is 2.55. The summed E-state index contributed by atoms with van der Waals surface area (Å²) in [5.74, 6) is -0.392. The molecule has 5 nitrogen and oxygen atoms in total. The van der Waals surface area contributed by atoms with Crippen molar-refractivity contribution in [1.82, 2.24) is 0 Å². The van der Waals surface area contributed by atoms with E-state index in [2.05, 4.69) is 5.32 Å². The number of likely N-dealkylation sites (tertiary alicyclic amines) is 1. The number of nitrogens with one attached hydrogen (secondary N) is 2. The van der Waals surface area contributed by atoms with E-state index in [0.717, 1.165) is 30.8 Å². The Kier molecular flexibility index (Phi) is 5.45. The van der Waals surface area contributed by atoms with Crippen LogP contribution in [0, 0.1) is 5.92 Å². The van der Waals surface area contributed by atoms with E-state index in [1.807, 2.05) is 0 Å². The third-order valence-corrected chi connectivity index (χ3v) is 4.09. The SMILES string of the molecule is NC(=O)C1CC[NH+](CC(=O)Nc2cc(Cl)cc(Cl)c2)CC1. The zero-order chi connectivity index (χ0) is 15.4. The van der Waals surface area contributed by atoms with Gasteiger partial charge in [0.05, 0.1) is 13.1 Å². The van der Waals surface area contributed by atoms with Crippen molar-refractivity contribution in [3.8, 4) is 0 Å². The maximum Gasteiger partial charge on any atom is 0.279 e. The molecule has 4 N–H and O–H groups in total. The van der Waals surface area contributed by atoms with Crippen LogP contribution in [0.1, 0.15) is 12.8 Å². The summed E-state index contributed by atoms with van der Waals surface area (Å²) < 4.78 is 0. The van der Waals surface area contributed by atoms with Crippen molar-refractivity contribution in [2.45, 2.75) is 12.8 Å². The fraction of sp³-hybridized carbons (Fsp3) is 0.429. The van der Waals surface area contributed by atoms with Gasteiger partial charge >= 0.3 is 0 Å². The van der Waals surface area contributed by atoms with E-state index in [9.17, 15) is 9.59 Å². The van der Waals surface area contributed by atoms with Crippen LogP contribution in [0.5, 0.6) is 0 Å².